The summed E-state index contributed by atoms with van der Waals surface area (Å²) < 4.78 is 0. The van der Waals surface area contributed by atoms with Crippen LogP contribution in [0.1, 0.15) is 42.9 Å². The lowest BCUT2D eigenvalue weighted by molar-refractivity contribution is -0.384. The molecule has 2 rings (SSSR count). The Bertz CT molecular complexity index is 1050. The van der Waals surface area contributed by atoms with E-state index in [1.54, 1.807) is 6.20 Å². The molecule has 1 aromatic heterocycles. The number of nitro groups is 1. The Morgan fingerprint density at radius 3 is 2.57 bits per heavy atom. The topological polar surface area (TPSA) is 164 Å². The number of nitrogens with one attached hydrogen (secondary N) is 3. The number of aliphatic carboxylic acids is 1. The van der Waals surface area contributed by atoms with Gasteiger partial charge in [0.25, 0.3) is 5.69 Å². The second-order valence-corrected chi connectivity index (χ2v) is 7.97. The van der Waals surface area contributed by atoms with Crippen LogP contribution in [0.5, 0.6) is 0 Å². The first-order valence-corrected chi connectivity index (χ1v) is 10.9. The molecule has 0 aliphatic carbocycles. The molecule has 2 amide bonds. The van der Waals surface area contributed by atoms with Gasteiger partial charge in [-0.3, -0.25) is 24.5 Å². The Kier molecular flexibility index (Phi) is 12.5. The van der Waals surface area contributed by atoms with Crippen LogP contribution < -0.4 is 16.0 Å². The minimum Gasteiger partial charge on any atom is -0.481 e. The number of pyridine rings is 1. The smallest absolute Gasteiger partial charge is 0.305 e. The Hall–Kier alpha value is -3.44. The zero-order chi connectivity index (χ0) is 25.1. The molecule has 0 aliphatic heterocycles. The minimum absolute atomic E-state index is 0. The van der Waals surface area contributed by atoms with E-state index in [0.717, 1.165) is 23.9 Å². The number of carbonyl (C=O) groups is 3. The van der Waals surface area contributed by atoms with E-state index in [1.807, 2.05) is 19.1 Å². The van der Waals surface area contributed by atoms with Crippen molar-refractivity contribution < 1.29 is 24.4 Å². The number of hydrogen-bond donors (Lipinski definition) is 4. The molecule has 0 radical (unpaired) electrons. The van der Waals surface area contributed by atoms with Gasteiger partial charge in [0.2, 0.25) is 11.8 Å². The number of carboxylic acids is 1. The van der Waals surface area contributed by atoms with E-state index in [9.17, 15) is 24.5 Å². The van der Waals surface area contributed by atoms with Crippen molar-refractivity contribution in [3.63, 3.8) is 0 Å². The lowest BCUT2D eigenvalue weighted by Gasteiger charge is -2.18. The molecule has 13 heteroatoms. The van der Waals surface area contributed by atoms with Gasteiger partial charge >= 0.3 is 5.97 Å². The first-order chi connectivity index (χ1) is 16.2. The molecule has 0 saturated heterocycles. The molecule has 35 heavy (non-hydrogen) atoms. The normalized spacial score (nSPS) is 11.0. The van der Waals surface area contributed by atoms with E-state index in [4.69, 9.17) is 16.7 Å². The highest BCUT2D eigenvalue weighted by molar-refractivity contribution is 6.32. The van der Waals surface area contributed by atoms with E-state index in [-0.39, 0.29) is 41.9 Å². The number of unbranched alkanes of at least 4 members (excludes halogenated alkanes) is 1. The van der Waals surface area contributed by atoms with Gasteiger partial charge < -0.3 is 21.1 Å². The lowest BCUT2D eigenvalue weighted by atomic mass is 10.0. The van der Waals surface area contributed by atoms with Crippen LogP contribution in [0, 0.1) is 17.0 Å². The predicted molar refractivity (Wildman–Crippen MR) is 133 cm³/mol. The second kappa shape index (κ2) is 14.7. The van der Waals surface area contributed by atoms with E-state index < -0.39 is 34.9 Å². The third-order valence-electron chi connectivity index (χ3n) is 4.78. The molecule has 0 aliphatic rings. The van der Waals surface area contributed by atoms with Crippen LogP contribution in [0.25, 0.3) is 0 Å². The highest BCUT2D eigenvalue weighted by Crippen LogP contribution is 2.28. The summed E-state index contributed by atoms with van der Waals surface area (Å²) >= 11 is 5.79. The van der Waals surface area contributed by atoms with Crippen LogP contribution in [0.2, 0.25) is 5.02 Å². The van der Waals surface area contributed by atoms with Gasteiger partial charge in [-0.25, -0.2) is 4.98 Å². The zero-order valence-corrected chi connectivity index (χ0v) is 20.5. The quantitative estimate of drug-likeness (QED) is 0.175. The van der Waals surface area contributed by atoms with Crippen molar-refractivity contribution >= 4 is 53.3 Å². The Morgan fingerprint density at radius 1 is 1.17 bits per heavy atom. The SMILES string of the molecule is Cc1ccnc(NCCCCC(=O)NCC(=O)NC(CC(=O)O)c2ccc(Cl)c([N+](=O)[O-])c2)c1.Cl. The number of carboxylic acid groups (broad SMARTS) is 1. The third kappa shape index (κ3) is 10.6. The number of carbonyl (C=O) groups excluding carboxylic acids is 2. The number of halogens is 2. The molecule has 0 fully saturated rings. The maximum absolute atomic E-state index is 12.3. The lowest BCUT2D eigenvalue weighted by Crippen LogP contribution is -2.39. The third-order valence-corrected chi connectivity index (χ3v) is 5.10. The first-order valence-electron chi connectivity index (χ1n) is 10.5. The molecule has 1 atom stereocenters. The summed E-state index contributed by atoms with van der Waals surface area (Å²) in [6, 6.07) is 6.58. The van der Waals surface area contributed by atoms with E-state index in [2.05, 4.69) is 20.9 Å². The number of aryl methyl sites for hydroxylation is 1. The largest absolute Gasteiger partial charge is 0.481 e. The minimum atomic E-state index is -1.21. The molecule has 0 spiro atoms. The standard InChI is InChI=1S/C22H26ClN5O6.ClH/c1-14-7-9-25-19(10-14)24-8-3-2-4-20(29)26-13-21(30)27-17(12-22(31)32)15-5-6-16(23)18(11-15)28(33)34;/h5-7,9-11,17H,2-4,8,12-13H2,1H3,(H,24,25)(H,26,29)(H,27,30)(H,31,32);1H. The average Bonchev–Trinajstić information content (AvgIpc) is 2.77. The number of hydrogen-bond acceptors (Lipinski definition) is 7. The van der Waals surface area contributed by atoms with Gasteiger partial charge in [0.05, 0.1) is 23.9 Å². The van der Waals surface area contributed by atoms with Gasteiger partial charge in [-0.1, -0.05) is 17.7 Å². The van der Waals surface area contributed by atoms with Gasteiger partial charge in [0, 0.05) is 25.2 Å². The fraction of sp³-hybridized carbons (Fsp3) is 0.364. The van der Waals surface area contributed by atoms with Crippen LogP contribution in [0.15, 0.2) is 36.5 Å². The van der Waals surface area contributed by atoms with Crippen molar-refractivity contribution in [3.8, 4) is 0 Å². The molecule has 2 aromatic rings. The van der Waals surface area contributed by atoms with Crippen molar-refractivity contribution in [2.24, 2.45) is 0 Å². The highest BCUT2D eigenvalue weighted by Gasteiger charge is 2.22. The average molecular weight is 528 g/mol. The highest BCUT2D eigenvalue weighted by atomic mass is 35.5. The molecule has 1 aromatic carbocycles. The Morgan fingerprint density at radius 2 is 1.91 bits per heavy atom. The number of anilines is 1. The van der Waals surface area contributed by atoms with E-state index >= 15 is 0 Å². The van der Waals surface area contributed by atoms with Gasteiger partial charge in [-0.05, 0) is 49.1 Å². The van der Waals surface area contributed by atoms with Crippen molar-refractivity contribution in [2.45, 2.75) is 38.6 Å². The van der Waals surface area contributed by atoms with Gasteiger partial charge in [0.15, 0.2) is 0 Å². The predicted octanol–water partition coefficient (Wildman–Crippen LogP) is 3.40. The summed E-state index contributed by atoms with van der Waals surface area (Å²) in [6.07, 6.45) is 2.76. The number of benzene rings is 1. The van der Waals surface area contributed by atoms with Crippen LogP contribution in [-0.2, 0) is 14.4 Å². The van der Waals surface area contributed by atoms with E-state index in [1.165, 1.54) is 12.1 Å². The van der Waals surface area contributed by atoms with Crippen molar-refractivity contribution in [1.82, 2.24) is 15.6 Å². The van der Waals surface area contributed by atoms with Gasteiger partial charge in [-0.2, -0.15) is 0 Å². The summed E-state index contributed by atoms with van der Waals surface area (Å²) in [4.78, 5) is 50.1. The molecule has 1 heterocycles. The summed E-state index contributed by atoms with van der Waals surface area (Å²) in [5.74, 6) is -1.38. The summed E-state index contributed by atoms with van der Waals surface area (Å²) in [7, 11) is 0. The maximum Gasteiger partial charge on any atom is 0.305 e. The van der Waals surface area contributed by atoms with Gasteiger partial charge in [0.1, 0.15) is 10.8 Å². The molecule has 0 bridgehead atoms. The number of rotatable bonds is 13. The molecular formula is C22H27Cl2N5O6. The summed E-state index contributed by atoms with van der Waals surface area (Å²) in [6.45, 7) is 2.26. The number of amides is 2. The van der Waals surface area contributed by atoms with Crippen molar-refractivity contribution in [2.75, 3.05) is 18.4 Å². The number of nitro benzene ring substituents is 1. The maximum atomic E-state index is 12.3. The molecule has 4 N–H and O–H groups in total. The second-order valence-electron chi connectivity index (χ2n) is 7.56. The molecule has 11 nitrogen and oxygen atoms in total. The number of nitrogens with zero attached hydrogens (tertiary/aromatic N) is 2. The van der Waals surface area contributed by atoms with Crippen LogP contribution in [0.3, 0.4) is 0 Å². The molecule has 1 unspecified atom stereocenters. The fourth-order valence-electron chi connectivity index (χ4n) is 3.09. The van der Waals surface area contributed by atoms with Crippen molar-refractivity contribution in [1.29, 1.82) is 0 Å². The zero-order valence-electron chi connectivity index (χ0n) is 19.0. The molecule has 0 saturated carbocycles. The first kappa shape index (κ1) is 29.6. The fourth-order valence-corrected chi connectivity index (χ4v) is 3.27. The molecule has 190 valence electrons. The van der Waals surface area contributed by atoms with E-state index in [0.29, 0.717) is 13.0 Å². The van der Waals surface area contributed by atoms with Crippen molar-refractivity contribution in [3.05, 3.63) is 62.8 Å². The monoisotopic (exact) mass is 527 g/mol. The van der Waals surface area contributed by atoms with Crippen LogP contribution >= 0.6 is 24.0 Å². The van der Waals surface area contributed by atoms with Crippen LogP contribution in [0.4, 0.5) is 11.5 Å². The summed E-state index contributed by atoms with van der Waals surface area (Å²) in [5.41, 5.74) is 0.911. The Labute approximate surface area is 213 Å². The molecular weight excluding hydrogens is 501 g/mol. The Balaban J connectivity index is 0.00000612. The van der Waals surface area contributed by atoms with Gasteiger partial charge in [-0.15, -0.1) is 12.4 Å². The number of aromatic nitrogens is 1. The van der Waals surface area contributed by atoms with Crippen LogP contribution in [-0.4, -0.2) is 45.9 Å². The summed E-state index contributed by atoms with van der Waals surface area (Å²) in [5, 5.41) is 28.3.